The molecule has 0 aromatic heterocycles. The van der Waals surface area contributed by atoms with Crippen molar-refractivity contribution in [3.63, 3.8) is 0 Å². The van der Waals surface area contributed by atoms with E-state index in [0.29, 0.717) is 19.5 Å². The number of amides is 1. The van der Waals surface area contributed by atoms with Gasteiger partial charge in [0.15, 0.2) is 0 Å². The van der Waals surface area contributed by atoms with Crippen molar-refractivity contribution in [2.45, 2.75) is 46.5 Å². The molecule has 2 atom stereocenters. The van der Waals surface area contributed by atoms with Gasteiger partial charge in [0.05, 0.1) is 5.41 Å². The van der Waals surface area contributed by atoms with E-state index in [1.54, 1.807) is 11.8 Å². The number of carboxylic acids is 1. The molecule has 1 amide bonds. The second-order valence-electron chi connectivity index (χ2n) is 5.42. The predicted molar refractivity (Wildman–Crippen MR) is 65.6 cm³/mol. The smallest absolute Gasteiger partial charge is 0.311 e. The first-order valence-corrected chi connectivity index (χ1v) is 6.43. The Kier molecular flexibility index (Phi) is 4.54. The van der Waals surface area contributed by atoms with E-state index in [0.717, 1.165) is 19.3 Å². The molecule has 0 aromatic carbocycles. The van der Waals surface area contributed by atoms with Crippen molar-refractivity contribution in [1.29, 1.82) is 0 Å². The molecule has 0 radical (unpaired) electrons. The van der Waals surface area contributed by atoms with Crippen LogP contribution in [-0.4, -0.2) is 35.0 Å². The number of rotatable bonds is 5. The predicted octanol–water partition coefficient (Wildman–Crippen LogP) is 2.14. The fraction of sp³-hybridized carbons (Fsp3) is 0.846. The summed E-state index contributed by atoms with van der Waals surface area (Å²) in [4.78, 5) is 24.9. The molecule has 98 valence electrons. The van der Waals surface area contributed by atoms with Crippen molar-refractivity contribution in [2.24, 2.45) is 11.3 Å². The molecule has 0 aromatic rings. The Morgan fingerprint density at radius 2 is 2.12 bits per heavy atom. The molecule has 0 aliphatic carbocycles. The molecule has 17 heavy (non-hydrogen) atoms. The van der Waals surface area contributed by atoms with Crippen LogP contribution >= 0.6 is 0 Å². The number of hydrogen-bond acceptors (Lipinski definition) is 2. The standard InChI is InChI=1S/C13H23NO3/c1-4-5-6-10(2)11(15)14-8-7-13(3,9-14)12(16)17/h10H,4-9H2,1-3H3,(H,16,17). The molecule has 0 saturated carbocycles. The van der Waals surface area contributed by atoms with Crippen LogP contribution in [0.3, 0.4) is 0 Å². The van der Waals surface area contributed by atoms with Crippen LogP contribution in [0.5, 0.6) is 0 Å². The zero-order chi connectivity index (χ0) is 13.1. The largest absolute Gasteiger partial charge is 0.481 e. The van der Waals surface area contributed by atoms with E-state index in [1.807, 2.05) is 6.92 Å². The number of likely N-dealkylation sites (tertiary alicyclic amines) is 1. The Balaban J connectivity index is 2.53. The van der Waals surface area contributed by atoms with Gasteiger partial charge in [0.2, 0.25) is 5.91 Å². The summed E-state index contributed by atoms with van der Waals surface area (Å²) in [5.41, 5.74) is -0.750. The minimum Gasteiger partial charge on any atom is -0.481 e. The third-order valence-corrected chi connectivity index (χ3v) is 3.71. The number of aliphatic carboxylic acids is 1. The summed E-state index contributed by atoms with van der Waals surface area (Å²) in [5.74, 6) is -0.663. The molecular formula is C13H23NO3. The maximum Gasteiger partial charge on any atom is 0.311 e. The van der Waals surface area contributed by atoms with Gasteiger partial charge in [-0.2, -0.15) is 0 Å². The van der Waals surface area contributed by atoms with Crippen LogP contribution in [0, 0.1) is 11.3 Å². The van der Waals surface area contributed by atoms with Gasteiger partial charge >= 0.3 is 5.97 Å². The second kappa shape index (κ2) is 5.52. The van der Waals surface area contributed by atoms with Crippen LogP contribution in [0.2, 0.25) is 0 Å². The van der Waals surface area contributed by atoms with Crippen LogP contribution in [0.4, 0.5) is 0 Å². The lowest BCUT2D eigenvalue weighted by molar-refractivity contribution is -0.147. The van der Waals surface area contributed by atoms with Crippen LogP contribution in [0.15, 0.2) is 0 Å². The molecule has 1 fully saturated rings. The summed E-state index contributed by atoms with van der Waals surface area (Å²) in [5, 5.41) is 9.11. The van der Waals surface area contributed by atoms with Gasteiger partial charge in [-0.1, -0.05) is 26.7 Å². The minimum absolute atomic E-state index is 0.0195. The molecule has 1 aliphatic heterocycles. The summed E-state index contributed by atoms with van der Waals surface area (Å²) in [6, 6.07) is 0. The van der Waals surface area contributed by atoms with Gasteiger partial charge < -0.3 is 10.0 Å². The van der Waals surface area contributed by atoms with Crippen LogP contribution < -0.4 is 0 Å². The van der Waals surface area contributed by atoms with E-state index < -0.39 is 11.4 Å². The number of hydrogen-bond donors (Lipinski definition) is 1. The Labute approximate surface area is 103 Å². The summed E-state index contributed by atoms with van der Waals surface area (Å²) >= 11 is 0. The number of carbonyl (C=O) groups excluding carboxylic acids is 1. The van der Waals surface area contributed by atoms with Crippen molar-refractivity contribution in [3.05, 3.63) is 0 Å². The van der Waals surface area contributed by atoms with E-state index in [2.05, 4.69) is 6.92 Å². The number of carboxylic acid groups (broad SMARTS) is 1. The number of unbranched alkanes of at least 4 members (excludes halogenated alkanes) is 1. The molecule has 2 unspecified atom stereocenters. The fourth-order valence-corrected chi connectivity index (χ4v) is 2.27. The summed E-state index contributed by atoms with van der Waals surface area (Å²) in [6.07, 6.45) is 3.60. The van der Waals surface area contributed by atoms with Crippen LogP contribution in [0.25, 0.3) is 0 Å². The van der Waals surface area contributed by atoms with Crippen LogP contribution in [-0.2, 0) is 9.59 Å². The SMILES string of the molecule is CCCCC(C)C(=O)N1CCC(C)(C(=O)O)C1. The van der Waals surface area contributed by atoms with Crippen molar-refractivity contribution < 1.29 is 14.7 Å². The quantitative estimate of drug-likeness (QED) is 0.802. The first-order chi connectivity index (χ1) is 7.90. The molecule has 4 nitrogen and oxygen atoms in total. The lowest BCUT2D eigenvalue weighted by atomic mass is 9.90. The highest BCUT2D eigenvalue weighted by Crippen LogP contribution is 2.31. The highest BCUT2D eigenvalue weighted by atomic mass is 16.4. The average molecular weight is 241 g/mol. The normalized spacial score (nSPS) is 25.9. The molecule has 1 heterocycles. The monoisotopic (exact) mass is 241 g/mol. The molecule has 1 saturated heterocycles. The first kappa shape index (κ1) is 14.0. The molecule has 4 heteroatoms. The lowest BCUT2D eigenvalue weighted by Crippen LogP contribution is -2.37. The zero-order valence-electron chi connectivity index (χ0n) is 11.0. The van der Waals surface area contributed by atoms with E-state index in [1.165, 1.54) is 0 Å². The first-order valence-electron chi connectivity index (χ1n) is 6.43. The minimum atomic E-state index is -0.797. The van der Waals surface area contributed by atoms with Gasteiger partial charge in [0.1, 0.15) is 0 Å². The zero-order valence-corrected chi connectivity index (χ0v) is 11.0. The number of nitrogens with zero attached hydrogens (tertiary/aromatic N) is 1. The van der Waals surface area contributed by atoms with E-state index in [9.17, 15) is 9.59 Å². The van der Waals surface area contributed by atoms with E-state index in [4.69, 9.17) is 5.11 Å². The molecule has 1 N–H and O–H groups in total. The fourth-order valence-electron chi connectivity index (χ4n) is 2.27. The summed E-state index contributed by atoms with van der Waals surface area (Å²) in [6.45, 7) is 6.71. The van der Waals surface area contributed by atoms with Gasteiger partial charge in [0, 0.05) is 19.0 Å². The maximum atomic E-state index is 12.1. The Morgan fingerprint density at radius 1 is 1.47 bits per heavy atom. The molecule has 0 bridgehead atoms. The third kappa shape index (κ3) is 3.20. The van der Waals surface area contributed by atoms with E-state index >= 15 is 0 Å². The summed E-state index contributed by atoms with van der Waals surface area (Å²) in [7, 11) is 0. The van der Waals surface area contributed by atoms with Crippen molar-refractivity contribution in [2.75, 3.05) is 13.1 Å². The highest BCUT2D eigenvalue weighted by molar-refractivity contribution is 5.81. The van der Waals surface area contributed by atoms with Crippen molar-refractivity contribution in [3.8, 4) is 0 Å². The average Bonchev–Trinajstić information content (AvgIpc) is 2.69. The number of carbonyl (C=O) groups is 2. The van der Waals surface area contributed by atoms with Crippen LogP contribution in [0.1, 0.15) is 46.5 Å². The van der Waals surface area contributed by atoms with Gasteiger partial charge in [0.25, 0.3) is 0 Å². The maximum absolute atomic E-state index is 12.1. The van der Waals surface area contributed by atoms with Gasteiger partial charge in [-0.05, 0) is 19.8 Å². The molecule has 0 spiro atoms. The Bertz CT molecular complexity index is 303. The summed E-state index contributed by atoms with van der Waals surface area (Å²) < 4.78 is 0. The van der Waals surface area contributed by atoms with Gasteiger partial charge in [-0.15, -0.1) is 0 Å². The highest BCUT2D eigenvalue weighted by Gasteiger charge is 2.42. The van der Waals surface area contributed by atoms with Gasteiger partial charge in [-0.3, -0.25) is 9.59 Å². The third-order valence-electron chi connectivity index (χ3n) is 3.71. The second-order valence-corrected chi connectivity index (χ2v) is 5.42. The molecule has 1 rings (SSSR count). The topological polar surface area (TPSA) is 57.6 Å². The van der Waals surface area contributed by atoms with Gasteiger partial charge in [-0.25, -0.2) is 0 Å². The van der Waals surface area contributed by atoms with E-state index in [-0.39, 0.29) is 11.8 Å². The van der Waals surface area contributed by atoms with Crippen molar-refractivity contribution in [1.82, 2.24) is 4.90 Å². The van der Waals surface area contributed by atoms with Crippen molar-refractivity contribution >= 4 is 11.9 Å². The molecular weight excluding hydrogens is 218 g/mol. The lowest BCUT2D eigenvalue weighted by Gasteiger charge is -2.23. The Hall–Kier alpha value is -1.06. The Morgan fingerprint density at radius 3 is 2.59 bits per heavy atom. The molecule has 1 aliphatic rings.